The summed E-state index contributed by atoms with van der Waals surface area (Å²) in [5, 5.41) is 6.64. The Balaban J connectivity index is 1.06. The number of fused-ring (bicyclic) bond motifs is 5. The molecule has 0 saturated carbocycles. The number of hydrogen-bond donors (Lipinski definition) is 0. The Morgan fingerprint density at radius 3 is 1.56 bits per heavy atom. The molecule has 4 nitrogen and oxygen atoms in total. The quantitative estimate of drug-likeness (QED) is 0.144. The van der Waals surface area contributed by atoms with Crippen molar-refractivity contribution in [3.8, 4) is 56.2 Å². The summed E-state index contributed by atoms with van der Waals surface area (Å²) in [5.41, 5.74) is 10.6. The number of furan rings is 1. The Labute approximate surface area is 353 Å². The van der Waals surface area contributed by atoms with Gasteiger partial charge in [-0.25, -0.2) is 9.97 Å². The van der Waals surface area contributed by atoms with Crippen molar-refractivity contribution in [1.82, 2.24) is 9.97 Å². The maximum Gasteiger partial charge on any atom is 0.171 e. The maximum absolute atomic E-state index is 15.2. The SMILES string of the molecule is O=P(c1ccccc1)(c1ccccc1)c1ccc(-c2cccc3oc4c5ccccc5c(-c5cccc(-c6cc(-c7ccccc7)nc(-c7ccccc7)n6)c5)cc4c23)cc1. The van der Waals surface area contributed by atoms with Gasteiger partial charge in [-0.1, -0.05) is 200 Å². The molecule has 0 radical (unpaired) electrons. The minimum absolute atomic E-state index is 0.683. The highest BCUT2D eigenvalue weighted by Crippen LogP contribution is 2.45. The molecular formula is C56H37N2O2P. The molecule has 0 aliphatic heterocycles. The normalized spacial score (nSPS) is 11.7. The lowest BCUT2D eigenvalue weighted by Crippen LogP contribution is -2.24. The summed E-state index contributed by atoms with van der Waals surface area (Å²) in [6, 6.07) is 76.1. The molecule has 2 aromatic heterocycles. The lowest BCUT2D eigenvalue weighted by molar-refractivity contribution is 0.592. The van der Waals surface area contributed by atoms with Crippen LogP contribution in [0.5, 0.6) is 0 Å². The van der Waals surface area contributed by atoms with Gasteiger partial charge in [0.2, 0.25) is 0 Å². The summed E-state index contributed by atoms with van der Waals surface area (Å²) >= 11 is 0. The zero-order valence-corrected chi connectivity index (χ0v) is 33.9. The zero-order valence-electron chi connectivity index (χ0n) is 33.0. The lowest BCUT2D eigenvalue weighted by Gasteiger charge is -2.20. The first-order valence-corrected chi connectivity index (χ1v) is 22.1. The fourth-order valence-electron chi connectivity index (χ4n) is 8.62. The fourth-order valence-corrected chi connectivity index (χ4v) is 11.3. The van der Waals surface area contributed by atoms with Crippen LogP contribution in [0, 0.1) is 0 Å². The molecule has 0 saturated heterocycles. The standard InChI is InChI=1S/C56H37N2O2P/c59-61(43-23-9-3-10-24-43,44-25-11-4-12-26-44)45-33-31-38(32-34-45)46-29-16-30-53-54(46)50-36-49(47-27-13-14-28-48(47)55(50)60-53)41-21-15-22-42(35-41)52-37-51(39-17-5-1-6-18-39)57-56(58-52)40-19-7-2-8-20-40/h1-37H. The van der Waals surface area contributed by atoms with Gasteiger partial charge in [-0.3, -0.25) is 0 Å². The van der Waals surface area contributed by atoms with Crippen LogP contribution >= 0.6 is 7.14 Å². The van der Waals surface area contributed by atoms with Crippen molar-refractivity contribution in [1.29, 1.82) is 0 Å². The lowest BCUT2D eigenvalue weighted by atomic mass is 9.92. The Bertz CT molecular complexity index is 3320. The minimum atomic E-state index is -3.12. The van der Waals surface area contributed by atoms with Gasteiger partial charge >= 0.3 is 0 Å². The topological polar surface area (TPSA) is 56.0 Å². The summed E-state index contributed by atoms with van der Waals surface area (Å²) in [5.74, 6) is 0.683. The van der Waals surface area contributed by atoms with Gasteiger partial charge < -0.3 is 8.98 Å². The van der Waals surface area contributed by atoms with E-state index < -0.39 is 7.14 Å². The number of nitrogens with zero attached hydrogens (tertiary/aromatic N) is 2. The molecule has 288 valence electrons. The van der Waals surface area contributed by atoms with Crippen LogP contribution in [-0.4, -0.2) is 9.97 Å². The third-order valence-corrected chi connectivity index (χ3v) is 14.7. The Hall–Kier alpha value is -7.65. The molecule has 61 heavy (non-hydrogen) atoms. The fraction of sp³-hybridized carbons (Fsp3) is 0. The van der Waals surface area contributed by atoms with Crippen LogP contribution in [0.4, 0.5) is 0 Å². The average molecular weight is 801 g/mol. The van der Waals surface area contributed by atoms with E-state index in [1.807, 2.05) is 115 Å². The van der Waals surface area contributed by atoms with E-state index in [-0.39, 0.29) is 0 Å². The summed E-state index contributed by atoms with van der Waals surface area (Å²) in [4.78, 5) is 10.2. The maximum atomic E-state index is 15.2. The first-order valence-electron chi connectivity index (χ1n) is 20.4. The summed E-state index contributed by atoms with van der Waals surface area (Å²) in [6.45, 7) is 0. The van der Waals surface area contributed by atoms with Gasteiger partial charge in [0.1, 0.15) is 11.2 Å². The van der Waals surface area contributed by atoms with Crippen molar-refractivity contribution in [2.75, 3.05) is 0 Å². The minimum Gasteiger partial charge on any atom is -0.455 e. The van der Waals surface area contributed by atoms with Gasteiger partial charge in [-0.15, -0.1) is 0 Å². The van der Waals surface area contributed by atoms with E-state index in [1.165, 1.54) is 0 Å². The van der Waals surface area contributed by atoms with Gasteiger partial charge in [0.15, 0.2) is 13.0 Å². The van der Waals surface area contributed by atoms with E-state index in [0.717, 1.165) is 99.0 Å². The van der Waals surface area contributed by atoms with E-state index in [0.29, 0.717) is 5.82 Å². The molecule has 0 bridgehead atoms. The highest BCUT2D eigenvalue weighted by atomic mass is 31.2. The van der Waals surface area contributed by atoms with Crippen molar-refractivity contribution in [2.24, 2.45) is 0 Å². The number of hydrogen-bond acceptors (Lipinski definition) is 4. The van der Waals surface area contributed by atoms with Crippen molar-refractivity contribution in [3.05, 3.63) is 224 Å². The van der Waals surface area contributed by atoms with Crippen LogP contribution in [0.1, 0.15) is 0 Å². The van der Waals surface area contributed by atoms with Crippen LogP contribution < -0.4 is 15.9 Å². The second-order valence-electron chi connectivity index (χ2n) is 15.2. The monoisotopic (exact) mass is 800 g/mol. The van der Waals surface area contributed by atoms with E-state index in [4.69, 9.17) is 14.4 Å². The van der Waals surface area contributed by atoms with E-state index in [1.54, 1.807) is 0 Å². The average Bonchev–Trinajstić information content (AvgIpc) is 3.74. The van der Waals surface area contributed by atoms with Gasteiger partial charge in [0.25, 0.3) is 0 Å². The molecule has 0 atom stereocenters. The van der Waals surface area contributed by atoms with Crippen molar-refractivity contribution >= 4 is 55.8 Å². The van der Waals surface area contributed by atoms with Crippen LogP contribution in [-0.2, 0) is 4.57 Å². The number of rotatable bonds is 8. The van der Waals surface area contributed by atoms with Gasteiger partial charge in [0, 0.05) is 48.8 Å². The highest BCUT2D eigenvalue weighted by Gasteiger charge is 2.29. The van der Waals surface area contributed by atoms with Crippen LogP contribution in [0.25, 0.3) is 88.9 Å². The largest absolute Gasteiger partial charge is 0.455 e. The predicted octanol–water partition coefficient (Wildman–Crippen LogP) is 13.5. The molecule has 0 unspecified atom stereocenters. The first kappa shape index (κ1) is 36.4. The first-order chi connectivity index (χ1) is 30.1. The molecular weight excluding hydrogens is 764 g/mol. The predicted molar refractivity (Wildman–Crippen MR) is 253 cm³/mol. The Morgan fingerprint density at radius 1 is 0.361 bits per heavy atom. The van der Waals surface area contributed by atoms with Gasteiger partial charge in [-0.2, -0.15) is 0 Å². The Morgan fingerprint density at radius 2 is 0.885 bits per heavy atom. The molecule has 0 aliphatic rings. The van der Waals surface area contributed by atoms with Gasteiger partial charge in [-0.05, 0) is 51.9 Å². The molecule has 5 heteroatoms. The van der Waals surface area contributed by atoms with E-state index in [2.05, 4.69) is 109 Å². The molecule has 0 fully saturated rings. The summed E-state index contributed by atoms with van der Waals surface area (Å²) < 4.78 is 21.9. The number of benzene rings is 9. The van der Waals surface area contributed by atoms with Crippen molar-refractivity contribution < 1.29 is 8.98 Å². The molecule has 2 heterocycles. The molecule has 11 rings (SSSR count). The van der Waals surface area contributed by atoms with Crippen molar-refractivity contribution in [2.45, 2.75) is 0 Å². The third-order valence-electron chi connectivity index (χ3n) is 11.6. The van der Waals surface area contributed by atoms with Crippen LogP contribution in [0.3, 0.4) is 0 Å². The molecule has 0 spiro atoms. The highest BCUT2D eigenvalue weighted by molar-refractivity contribution is 7.85. The molecule has 11 aromatic rings. The molecule has 0 amide bonds. The molecule has 0 N–H and O–H groups in total. The van der Waals surface area contributed by atoms with Crippen LogP contribution in [0.2, 0.25) is 0 Å². The molecule has 0 aliphatic carbocycles. The second-order valence-corrected chi connectivity index (χ2v) is 18.0. The second kappa shape index (κ2) is 15.2. The third kappa shape index (κ3) is 6.46. The Kier molecular flexibility index (Phi) is 9.07. The molecule has 9 aromatic carbocycles. The number of aromatic nitrogens is 2. The van der Waals surface area contributed by atoms with E-state index >= 15 is 4.57 Å². The summed E-state index contributed by atoms with van der Waals surface area (Å²) in [7, 11) is -3.12. The van der Waals surface area contributed by atoms with Crippen molar-refractivity contribution in [3.63, 3.8) is 0 Å². The van der Waals surface area contributed by atoms with Gasteiger partial charge in [0.05, 0.1) is 11.4 Å². The smallest absolute Gasteiger partial charge is 0.171 e. The zero-order chi connectivity index (χ0) is 40.8. The van der Waals surface area contributed by atoms with Crippen LogP contribution in [0.15, 0.2) is 229 Å². The summed E-state index contributed by atoms with van der Waals surface area (Å²) in [6.07, 6.45) is 0. The van der Waals surface area contributed by atoms with E-state index in [9.17, 15) is 0 Å².